The fourth-order valence-corrected chi connectivity index (χ4v) is 2.32. The molecule has 2 unspecified atom stereocenters. The molecule has 0 aromatic heterocycles. The Balaban J connectivity index is 4.10. The highest BCUT2D eigenvalue weighted by molar-refractivity contribution is 4.73. The van der Waals surface area contributed by atoms with Crippen LogP contribution in [0.1, 0.15) is 66.2 Å². The Morgan fingerprint density at radius 3 is 1.69 bits per heavy atom. The molecule has 2 nitrogen and oxygen atoms in total. The zero-order valence-electron chi connectivity index (χ0n) is 11.7. The van der Waals surface area contributed by atoms with Crippen LogP contribution in [0.4, 0.5) is 0 Å². The summed E-state index contributed by atoms with van der Waals surface area (Å²) in [6.45, 7) is 10.2. The molecule has 2 heteroatoms. The van der Waals surface area contributed by atoms with Gasteiger partial charge in [-0.2, -0.15) is 0 Å². The van der Waals surface area contributed by atoms with E-state index in [0.29, 0.717) is 12.1 Å². The van der Waals surface area contributed by atoms with Crippen LogP contribution in [-0.2, 0) is 0 Å². The van der Waals surface area contributed by atoms with Gasteiger partial charge in [-0.05, 0) is 26.7 Å². The topological polar surface area (TPSA) is 23.5 Å². The molecule has 0 spiro atoms. The molecule has 0 bridgehead atoms. The van der Waals surface area contributed by atoms with E-state index in [4.69, 9.17) is 5.11 Å². The molecule has 2 atom stereocenters. The van der Waals surface area contributed by atoms with Crippen LogP contribution in [0.25, 0.3) is 0 Å². The first kappa shape index (κ1) is 15.9. The molecule has 0 fully saturated rings. The lowest BCUT2D eigenvalue weighted by atomic mass is 10.0. The fourth-order valence-electron chi connectivity index (χ4n) is 2.32. The number of unbranched alkanes of at least 4 members (excludes halogenated alkanes) is 2. The number of aliphatic hydroxyl groups excluding tert-OH is 1. The zero-order chi connectivity index (χ0) is 12.4. The predicted molar refractivity (Wildman–Crippen MR) is 71.8 cm³/mol. The number of rotatable bonds is 10. The maximum atomic E-state index is 9.14. The molecule has 0 aromatic rings. The van der Waals surface area contributed by atoms with Gasteiger partial charge in [0.15, 0.2) is 0 Å². The Morgan fingerprint density at radius 2 is 1.38 bits per heavy atom. The second kappa shape index (κ2) is 10.1. The van der Waals surface area contributed by atoms with Gasteiger partial charge in [-0.1, -0.05) is 39.5 Å². The molecule has 0 aliphatic carbocycles. The average molecular weight is 229 g/mol. The highest BCUT2D eigenvalue weighted by atomic mass is 16.3. The largest absolute Gasteiger partial charge is 0.395 e. The lowest BCUT2D eigenvalue weighted by Gasteiger charge is -2.34. The minimum absolute atomic E-state index is 0.285. The van der Waals surface area contributed by atoms with Crippen molar-refractivity contribution in [3.05, 3.63) is 0 Å². The molecule has 98 valence electrons. The first-order valence-corrected chi connectivity index (χ1v) is 7.03. The van der Waals surface area contributed by atoms with Crippen LogP contribution < -0.4 is 0 Å². The summed E-state index contributed by atoms with van der Waals surface area (Å²) in [5.41, 5.74) is 0. The third-order valence-electron chi connectivity index (χ3n) is 3.44. The van der Waals surface area contributed by atoms with Gasteiger partial charge in [0.25, 0.3) is 0 Å². The molecule has 16 heavy (non-hydrogen) atoms. The van der Waals surface area contributed by atoms with Crippen LogP contribution >= 0.6 is 0 Å². The third-order valence-corrected chi connectivity index (χ3v) is 3.44. The lowest BCUT2D eigenvalue weighted by Crippen LogP contribution is -2.42. The van der Waals surface area contributed by atoms with Crippen LogP contribution in [0.2, 0.25) is 0 Å². The zero-order valence-corrected chi connectivity index (χ0v) is 11.7. The van der Waals surface area contributed by atoms with Crippen molar-refractivity contribution in [1.29, 1.82) is 0 Å². The van der Waals surface area contributed by atoms with Crippen LogP contribution in [0, 0.1) is 0 Å². The van der Waals surface area contributed by atoms with E-state index in [0.717, 1.165) is 6.54 Å². The van der Waals surface area contributed by atoms with E-state index in [1.807, 2.05) is 0 Å². The van der Waals surface area contributed by atoms with Crippen LogP contribution in [0.5, 0.6) is 0 Å². The monoisotopic (exact) mass is 229 g/mol. The Hall–Kier alpha value is -0.0800. The smallest absolute Gasteiger partial charge is 0.0558 e. The molecule has 0 aliphatic heterocycles. The first-order valence-electron chi connectivity index (χ1n) is 7.03. The van der Waals surface area contributed by atoms with Crippen molar-refractivity contribution in [2.75, 3.05) is 13.2 Å². The molecule has 1 N–H and O–H groups in total. The van der Waals surface area contributed by atoms with Gasteiger partial charge in [-0.3, -0.25) is 4.90 Å². The first-order chi connectivity index (χ1) is 7.67. The quantitative estimate of drug-likeness (QED) is 0.620. The van der Waals surface area contributed by atoms with Crippen LogP contribution in [-0.4, -0.2) is 35.2 Å². The summed E-state index contributed by atoms with van der Waals surface area (Å²) < 4.78 is 0. The van der Waals surface area contributed by atoms with E-state index < -0.39 is 0 Å². The van der Waals surface area contributed by atoms with Crippen molar-refractivity contribution in [2.45, 2.75) is 78.3 Å². The highest BCUT2D eigenvalue weighted by Gasteiger charge is 2.18. The summed E-state index contributed by atoms with van der Waals surface area (Å²) >= 11 is 0. The van der Waals surface area contributed by atoms with Crippen molar-refractivity contribution < 1.29 is 5.11 Å². The highest BCUT2D eigenvalue weighted by Crippen LogP contribution is 2.15. The minimum Gasteiger partial charge on any atom is -0.395 e. The van der Waals surface area contributed by atoms with E-state index in [1.165, 1.54) is 38.5 Å². The summed E-state index contributed by atoms with van der Waals surface area (Å²) in [4.78, 5) is 2.48. The van der Waals surface area contributed by atoms with E-state index in [-0.39, 0.29) is 6.61 Å². The normalized spacial score (nSPS) is 15.4. The van der Waals surface area contributed by atoms with Crippen molar-refractivity contribution in [1.82, 2.24) is 4.90 Å². The van der Waals surface area contributed by atoms with E-state index >= 15 is 0 Å². The Kier molecular flexibility index (Phi) is 10.0. The molecule has 0 aliphatic rings. The third kappa shape index (κ3) is 6.49. The molecule has 0 saturated heterocycles. The minimum atomic E-state index is 0.285. The fraction of sp³-hybridized carbons (Fsp3) is 1.00. The maximum Gasteiger partial charge on any atom is 0.0558 e. The standard InChI is InChI=1S/C14H31NO/c1-5-7-9-13(3)15(11-12-16)14(4)10-8-6-2/h13-14,16H,5-12H2,1-4H3. The van der Waals surface area contributed by atoms with Gasteiger partial charge in [0.2, 0.25) is 0 Å². The maximum absolute atomic E-state index is 9.14. The van der Waals surface area contributed by atoms with E-state index in [1.54, 1.807) is 0 Å². The Bertz CT molecular complexity index is 136. The van der Waals surface area contributed by atoms with Gasteiger partial charge in [0, 0.05) is 18.6 Å². The summed E-state index contributed by atoms with van der Waals surface area (Å²) in [5.74, 6) is 0. The van der Waals surface area contributed by atoms with Gasteiger partial charge >= 0.3 is 0 Å². The van der Waals surface area contributed by atoms with Gasteiger partial charge in [0.05, 0.1) is 6.61 Å². The van der Waals surface area contributed by atoms with Gasteiger partial charge in [-0.15, -0.1) is 0 Å². The second-order valence-electron chi connectivity index (χ2n) is 4.94. The summed E-state index contributed by atoms with van der Waals surface area (Å²) in [6.07, 6.45) is 7.63. The Labute approximate surface area is 102 Å². The molecular formula is C14H31NO. The molecular weight excluding hydrogens is 198 g/mol. The lowest BCUT2D eigenvalue weighted by molar-refractivity contribution is 0.106. The predicted octanol–water partition coefficient (Wildman–Crippen LogP) is 3.44. The molecule has 0 aromatic carbocycles. The summed E-state index contributed by atoms with van der Waals surface area (Å²) in [5, 5.41) is 9.14. The van der Waals surface area contributed by atoms with Gasteiger partial charge < -0.3 is 5.11 Å². The number of aliphatic hydroxyl groups is 1. The van der Waals surface area contributed by atoms with Gasteiger partial charge in [-0.25, -0.2) is 0 Å². The van der Waals surface area contributed by atoms with E-state index in [2.05, 4.69) is 32.6 Å². The van der Waals surface area contributed by atoms with Crippen LogP contribution in [0.15, 0.2) is 0 Å². The second-order valence-corrected chi connectivity index (χ2v) is 4.94. The van der Waals surface area contributed by atoms with Crippen molar-refractivity contribution in [3.8, 4) is 0 Å². The average Bonchev–Trinajstić information content (AvgIpc) is 2.29. The summed E-state index contributed by atoms with van der Waals surface area (Å²) in [6, 6.07) is 1.22. The number of nitrogens with zero attached hydrogens (tertiary/aromatic N) is 1. The molecule has 0 rings (SSSR count). The molecule has 0 saturated carbocycles. The summed E-state index contributed by atoms with van der Waals surface area (Å²) in [7, 11) is 0. The molecule has 0 amide bonds. The SMILES string of the molecule is CCCCC(C)N(CCO)C(C)CCCC. The number of hydrogen-bond donors (Lipinski definition) is 1. The van der Waals surface area contributed by atoms with Crippen molar-refractivity contribution in [2.24, 2.45) is 0 Å². The number of hydrogen-bond acceptors (Lipinski definition) is 2. The van der Waals surface area contributed by atoms with Crippen molar-refractivity contribution in [3.63, 3.8) is 0 Å². The van der Waals surface area contributed by atoms with Crippen molar-refractivity contribution >= 4 is 0 Å². The molecule has 0 radical (unpaired) electrons. The van der Waals surface area contributed by atoms with Gasteiger partial charge in [0.1, 0.15) is 0 Å². The Morgan fingerprint density at radius 1 is 0.938 bits per heavy atom. The van der Waals surface area contributed by atoms with E-state index in [9.17, 15) is 0 Å². The van der Waals surface area contributed by atoms with Crippen LogP contribution in [0.3, 0.4) is 0 Å². The molecule has 0 heterocycles.